The van der Waals surface area contributed by atoms with Crippen molar-refractivity contribution in [3.63, 3.8) is 0 Å². The van der Waals surface area contributed by atoms with Gasteiger partial charge in [-0.2, -0.15) is 0 Å². The van der Waals surface area contributed by atoms with Gasteiger partial charge in [0.15, 0.2) is 0 Å². The first-order chi connectivity index (χ1) is 9.20. The van der Waals surface area contributed by atoms with Crippen molar-refractivity contribution in [1.29, 1.82) is 0 Å². The first-order valence-corrected chi connectivity index (χ1v) is 6.63. The molecular formula is C14H20N2O3. The van der Waals surface area contributed by atoms with E-state index in [1.54, 1.807) is 18.2 Å². The summed E-state index contributed by atoms with van der Waals surface area (Å²) in [5.41, 5.74) is 6.83. The number of rotatable bonds is 5. The molecule has 104 valence electrons. The Morgan fingerprint density at radius 3 is 3.11 bits per heavy atom. The van der Waals surface area contributed by atoms with Crippen LogP contribution in [-0.2, 0) is 4.74 Å². The molecule has 1 heterocycles. The van der Waals surface area contributed by atoms with Gasteiger partial charge in [0.2, 0.25) is 0 Å². The minimum absolute atomic E-state index is 0.114. The molecule has 1 aliphatic rings. The van der Waals surface area contributed by atoms with Gasteiger partial charge in [-0.15, -0.1) is 0 Å². The molecule has 1 atom stereocenters. The summed E-state index contributed by atoms with van der Waals surface area (Å²) < 4.78 is 11.2. The topological polar surface area (TPSA) is 73.6 Å². The van der Waals surface area contributed by atoms with Crippen molar-refractivity contribution >= 4 is 11.6 Å². The molecule has 1 aromatic carbocycles. The van der Waals surface area contributed by atoms with Crippen molar-refractivity contribution in [2.45, 2.75) is 25.9 Å². The summed E-state index contributed by atoms with van der Waals surface area (Å²) in [6.07, 6.45) is 2.18. The predicted molar refractivity (Wildman–Crippen MR) is 73.3 cm³/mol. The number of benzene rings is 1. The number of nitrogens with one attached hydrogen (secondary N) is 1. The summed E-state index contributed by atoms with van der Waals surface area (Å²) in [7, 11) is 0. The Bertz CT molecular complexity index is 442. The van der Waals surface area contributed by atoms with Crippen LogP contribution in [0.2, 0.25) is 0 Å². The summed E-state index contributed by atoms with van der Waals surface area (Å²) in [6.45, 7) is 3.69. The molecule has 0 radical (unpaired) electrons. The second kappa shape index (κ2) is 6.43. The van der Waals surface area contributed by atoms with Gasteiger partial charge in [0.25, 0.3) is 5.91 Å². The van der Waals surface area contributed by atoms with Crippen molar-refractivity contribution in [2.75, 3.05) is 25.5 Å². The van der Waals surface area contributed by atoms with Crippen molar-refractivity contribution in [2.24, 2.45) is 0 Å². The van der Waals surface area contributed by atoms with E-state index in [1.165, 1.54) is 0 Å². The summed E-state index contributed by atoms with van der Waals surface area (Å²) in [4.78, 5) is 11.9. The predicted octanol–water partition coefficient (Wildman–Crippen LogP) is 1.58. The van der Waals surface area contributed by atoms with Crippen LogP contribution in [0.25, 0.3) is 0 Å². The maximum absolute atomic E-state index is 11.9. The Hall–Kier alpha value is -1.75. The third kappa shape index (κ3) is 3.61. The van der Waals surface area contributed by atoms with Crippen LogP contribution < -0.4 is 15.8 Å². The molecule has 0 spiro atoms. The number of nitrogens with two attached hydrogens (primary N) is 1. The highest BCUT2D eigenvalue weighted by atomic mass is 16.5. The molecule has 1 amide bonds. The lowest BCUT2D eigenvalue weighted by molar-refractivity contribution is 0.0671. The summed E-state index contributed by atoms with van der Waals surface area (Å²) in [5.74, 6) is 0.367. The Kier molecular flexibility index (Phi) is 4.63. The van der Waals surface area contributed by atoms with E-state index < -0.39 is 0 Å². The number of hydrogen-bond donors (Lipinski definition) is 2. The lowest BCUT2D eigenvalue weighted by Crippen LogP contribution is -2.24. The van der Waals surface area contributed by atoms with Gasteiger partial charge in [0, 0.05) is 24.9 Å². The highest BCUT2D eigenvalue weighted by molar-refractivity contribution is 5.97. The van der Waals surface area contributed by atoms with Crippen LogP contribution in [0.1, 0.15) is 30.1 Å². The molecule has 1 unspecified atom stereocenters. The number of anilines is 1. The molecule has 0 aromatic heterocycles. The van der Waals surface area contributed by atoms with Gasteiger partial charge < -0.3 is 20.5 Å². The van der Waals surface area contributed by atoms with Crippen LogP contribution in [0.15, 0.2) is 18.2 Å². The zero-order valence-corrected chi connectivity index (χ0v) is 11.1. The van der Waals surface area contributed by atoms with E-state index in [2.05, 4.69) is 5.32 Å². The van der Waals surface area contributed by atoms with E-state index in [9.17, 15) is 4.79 Å². The molecule has 5 heteroatoms. The van der Waals surface area contributed by atoms with E-state index in [-0.39, 0.29) is 12.0 Å². The van der Waals surface area contributed by atoms with Gasteiger partial charge in [-0.3, -0.25) is 4.79 Å². The van der Waals surface area contributed by atoms with Gasteiger partial charge in [-0.05, 0) is 31.9 Å². The molecule has 5 nitrogen and oxygen atoms in total. The molecule has 1 aliphatic heterocycles. The number of hydrogen-bond acceptors (Lipinski definition) is 4. The average molecular weight is 264 g/mol. The van der Waals surface area contributed by atoms with Crippen LogP contribution in [0.3, 0.4) is 0 Å². The normalized spacial score (nSPS) is 18.3. The molecule has 1 saturated heterocycles. The average Bonchev–Trinajstić information content (AvgIpc) is 2.89. The van der Waals surface area contributed by atoms with E-state index in [0.29, 0.717) is 30.2 Å². The third-order valence-electron chi connectivity index (χ3n) is 3.04. The van der Waals surface area contributed by atoms with Gasteiger partial charge in [-0.25, -0.2) is 0 Å². The van der Waals surface area contributed by atoms with Crippen molar-refractivity contribution in [1.82, 2.24) is 5.32 Å². The van der Waals surface area contributed by atoms with E-state index in [0.717, 1.165) is 19.4 Å². The maximum Gasteiger partial charge on any atom is 0.255 e. The van der Waals surface area contributed by atoms with Gasteiger partial charge >= 0.3 is 0 Å². The minimum atomic E-state index is -0.148. The fraction of sp³-hybridized carbons (Fsp3) is 0.500. The largest absolute Gasteiger partial charge is 0.490 e. The second-order valence-corrected chi connectivity index (χ2v) is 4.56. The lowest BCUT2D eigenvalue weighted by atomic mass is 10.1. The minimum Gasteiger partial charge on any atom is -0.490 e. The van der Waals surface area contributed by atoms with Crippen LogP contribution in [0.4, 0.5) is 5.69 Å². The number of carbonyl (C=O) groups excluding carboxylic acids is 1. The van der Waals surface area contributed by atoms with Crippen LogP contribution in [-0.4, -0.2) is 31.8 Å². The SMILES string of the molecule is CCNC(=O)c1ccc(N)cc1OCC1CCCO1. The second-order valence-electron chi connectivity index (χ2n) is 4.56. The number of ether oxygens (including phenoxy) is 2. The van der Waals surface area contributed by atoms with Crippen LogP contribution >= 0.6 is 0 Å². The quantitative estimate of drug-likeness (QED) is 0.792. The molecule has 0 saturated carbocycles. The Balaban J connectivity index is 2.07. The molecule has 2 rings (SSSR count). The van der Waals surface area contributed by atoms with Crippen molar-refractivity contribution in [3.05, 3.63) is 23.8 Å². The zero-order chi connectivity index (χ0) is 13.7. The molecular weight excluding hydrogens is 244 g/mol. The van der Waals surface area contributed by atoms with E-state index in [1.807, 2.05) is 6.92 Å². The highest BCUT2D eigenvalue weighted by Gasteiger charge is 2.18. The smallest absolute Gasteiger partial charge is 0.255 e. The molecule has 3 N–H and O–H groups in total. The van der Waals surface area contributed by atoms with E-state index >= 15 is 0 Å². The zero-order valence-electron chi connectivity index (χ0n) is 11.1. The van der Waals surface area contributed by atoms with E-state index in [4.69, 9.17) is 15.2 Å². The number of amides is 1. The van der Waals surface area contributed by atoms with Gasteiger partial charge in [0.1, 0.15) is 12.4 Å². The first-order valence-electron chi connectivity index (χ1n) is 6.63. The Morgan fingerprint density at radius 2 is 2.42 bits per heavy atom. The fourth-order valence-corrected chi connectivity index (χ4v) is 2.06. The molecule has 0 aliphatic carbocycles. The Labute approximate surface area is 113 Å². The maximum atomic E-state index is 11.9. The summed E-state index contributed by atoms with van der Waals surface area (Å²) in [5, 5.41) is 2.76. The van der Waals surface area contributed by atoms with Crippen molar-refractivity contribution in [3.8, 4) is 5.75 Å². The van der Waals surface area contributed by atoms with Gasteiger partial charge in [-0.1, -0.05) is 0 Å². The van der Waals surface area contributed by atoms with Crippen molar-refractivity contribution < 1.29 is 14.3 Å². The fourth-order valence-electron chi connectivity index (χ4n) is 2.06. The van der Waals surface area contributed by atoms with Gasteiger partial charge in [0.05, 0.1) is 11.7 Å². The summed E-state index contributed by atoms with van der Waals surface area (Å²) >= 11 is 0. The standard InChI is InChI=1S/C14H20N2O3/c1-2-16-14(17)12-6-5-10(15)8-13(12)19-9-11-4-3-7-18-11/h5-6,8,11H,2-4,7,9,15H2,1H3,(H,16,17). The Morgan fingerprint density at radius 1 is 1.58 bits per heavy atom. The monoisotopic (exact) mass is 264 g/mol. The molecule has 1 fully saturated rings. The molecule has 0 bridgehead atoms. The summed E-state index contributed by atoms with van der Waals surface area (Å²) in [6, 6.07) is 5.06. The number of carbonyl (C=O) groups is 1. The lowest BCUT2D eigenvalue weighted by Gasteiger charge is -2.15. The van der Waals surface area contributed by atoms with Crippen LogP contribution in [0, 0.1) is 0 Å². The highest BCUT2D eigenvalue weighted by Crippen LogP contribution is 2.23. The molecule has 1 aromatic rings. The van der Waals surface area contributed by atoms with Crippen LogP contribution in [0.5, 0.6) is 5.75 Å². The number of nitrogen functional groups attached to an aromatic ring is 1. The first kappa shape index (κ1) is 13.7. The third-order valence-corrected chi connectivity index (χ3v) is 3.04. The molecule has 19 heavy (non-hydrogen) atoms.